The van der Waals surface area contributed by atoms with Crippen LogP contribution in [0.1, 0.15) is 42.1 Å². The Morgan fingerprint density at radius 2 is 1.85 bits per heavy atom. The minimum absolute atomic E-state index is 0.0175. The van der Waals surface area contributed by atoms with Crippen molar-refractivity contribution in [1.29, 1.82) is 0 Å². The number of aromatic hydroxyl groups is 1. The number of aliphatic hydroxyl groups is 1. The second-order valence-corrected chi connectivity index (χ2v) is 8.59. The minimum atomic E-state index is -0.965. The molecule has 1 fully saturated rings. The molecule has 7 heteroatoms. The average Bonchev–Trinajstić information content (AvgIpc) is 3.07. The molecule has 1 saturated heterocycles. The fourth-order valence-corrected chi connectivity index (χ4v) is 4.10. The SMILES string of the molecule is Cc1ccc(O)c(N2C(=O)C(=O)/C(=C(\O)c3ccc(OC(C)C)c(C)c3)C2c2cccnc2)c1. The molecule has 1 aliphatic rings. The molecule has 1 atom stereocenters. The van der Waals surface area contributed by atoms with Crippen molar-refractivity contribution in [2.75, 3.05) is 4.90 Å². The summed E-state index contributed by atoms with van der Waals surface area (Å²) in [7, 11) is 0. The molecule has 2 N–H and O–H groups in total. The number of aromatic nitrogens is 1. The van der Waals surface area contributed by atoms with E-state index in [9.17, 15) is 19.8 Å². The molecule has 7 nitrogen and oxygen atoms in total. The van der Waals surface area contributed by atoms with Crippen molar-refractivity contribution in [3.8, 4) is 11.5 Å². The average molecular weight is 459 g/mol. The molecule has 0 spiro atoms. The number of pyridine rings is 1. The number of benzene rings is 2. The highest BCUT2D eigenvalue weighted by molar-refractivity contribution is 6.51. The van der Waals surface area contributed by atoms with Crippen molar-refractivity contribution >= 4 is 23.1 Å². The molecule has 0 saturated carbocycles. The largest absolute Gasteiger partial charge is 0.507 e. The van der Waals surface area contributed by atoms with Gasteiger partial charge < -0.3 is 14.9 Å². The van der Waals surface area contributed by atoms with Crippen LogP contribution >= 0.6 is 0 Å². The van der Waals surface area contributed by atoms with Crippen molar-refractivity contribution in [3.63, 3.8) is 0 Å². The van der Waals surface area contributed by atoms with Crippen molar-refractivity contribution in [1.82, 2.24) is 4.98 Å². The molecule has 0 aliphatic carbocycles. The maximum absolute atomic E-state index is 13.2. The van der Waals surface area contributed by atoms with Crippen molar-refractivity contribution in [2.45, 2.75) is 39.8 Å². The number of hydrogen-bond donors (Lipinski definition) is 2. The first-order chi connectivity index (χ1) is 16.2. The Morgan fingerprint density at radius 3 is 2.50 bits per heavy atom. The summed E-state index contributed by atoms with van der Waals surface area (Å²) in [5, 5.41) is 21.8. The number of amides is 1. The fourth-order valence-electron chi connectivity index (χ4n) is 4.10. The van der Waals surface area contributed by atoms with Crippen LogP contribution in [-0.4, -0.2) is 33.0 Å². The van der Waals surface area contributed by atoms with Gasteiger partial charge in [-0.3, -0.25) is 19.5 Å². The highest BCUT2D eigenvalue weighted by Crippen LogP contribution is 2.45. The van der Waals surface area contributed by atoms with Gasteiger partial charge in [-0.1, -0.05) is 12.1 Å². The van der Waals surface area contributed by atoms with Crippen LogP contribution in [0.4, 0.5) is 5.69 Å². The summed E-state index contributed by atoms with van der Waals surface area (Å²) < 4.78 is 5.77. The predicted octanol–water partition coefficient (Wildman–Crippen LogP) is 4.82. The van der Waals surface area contributed by atoms with Gasteiger partial charge in [0.15, 0.2) is 0 Å². The molecule has 0 bridgehead atoms. The molecule has 4 rings (SSSR count). The molecule has 2 heterocycles. The van der Waals surface area contributed by atoms with E-state index in [1.165, 1.54) is 17.2 Å². The normalized spacial score (nSPS) is 17.4. The van der Waals surface area contributed by atoms with Crippen LogP contribution in [0.2, 0.25) is 0 Å². The molecule has 2 aromatic carbocycles. The highest BCUT2D eigenvalue weighted by Gasteiger charge is 2.47. The number of phenolic OH excluding ortho intramolecular Hbond substituents is 1. The Kier molecular flexibility index (Phi) is 6.11. The summed E-state index contributed by atoms with van der Waals surface area (Å²) in [5.41, 5.74) is 2.61. The maximum Gasteiger partial charge on any atom is 0.300 e. The first kappa shape index (κ1) is 23.0. The van der Waals surface area contributed by atoms with E-state index in [-0.39, 0.29) is 28.9 Å². The lowest BCUT2D eigenvalue weighted by molar-refractivity contribution is -0.132. The number of rotatable bonds is 5. The molecular weight excluding hydrogens is 432 g/mol. The van der Waals surface area contributed by atoms with Gasteiger partial charge >= 0.3 is 0 Å². The van der Waals surface area contributed by atoms with Crippen LogP contribution in [0.15, 0.2) is 66.5 Å². The van der Waals surface area contributed by atoms with E-state index in [0.29, 0.717) is 16.9 Å². The van der Waals surface area contributed by atoms with E-state index >= 15 is 0 Å². The highest BCUT2D eigenvalue weighted by atomic mass is 16.5. The third kappa shape index (κ3) is 4.12. The zero-order valence-electron chi connectivity index (χ0n) is 19.4. The second kappa shape index (κ2) is 9.02. The lowest BCUT2D eigenvalue weighted by Crippen LogP contribution is -2.29. The molecule has 1 amide bonds. The van der Waals surface area contributed by atoms with Crippen LogP contribution < -0.4 is 9.64 Å². The van der Waals surface area contributed by atoms with Crippen molar-refractivity contribution in [3.05, 3.63) is 88.8 Å². The summed E-state index contributed by atoms with van der Waals surface area (Å²) in [6, 6.07) is 12.4. The molecule has 174 valence electrons. The van der Waals surface area contributed by atoms with Gasteiger partial charge in [0.1, 0.15) is 17.3 Å². The van der Waals surface area contributed by atoms with Crippen LogP contribution in [0.5, 0.6) is 11.5 Å². The van der Waals surface area contributed by atoms with E-state index in [1.54, 1.807) is 48.7 Å². The van der Waals surface area contributed by atoms with Crippen molar-refractivity contribution < 1.29 is 24.5 Å². The summed E-state index contributed by atoms with van der Waals surface area (Å²) >= 11 is 0. The number of ether oxygens (including phenoxy) is 1. The van der Waals surface area contributed by atoms with Gasteiger partial charge in [-0.25, -0.2) is 0 Å². The number of ketones is 1. The topological polar surface area (TPSA) is 100.0 Å². The zero-order valence-corrected chi connectivity index (χ0v) is 19.4. The van der Waals surface area contributed by atoms with E-state index in [0.717, 1.165) is 11.1 Å². The predicted molar refractivity (Wildman–Crippen MR) is 129 cm³/mol. The number of anilines is 1. The smallest absolute Gasteiger partial charge is 0.300 e. The Bertz CT molecular complexity index is 1300. The first-order valence-electron chi connectivity index (χ1n) is 11.0. The van der Waals surface area contributed by atoms with Crippen LogP contribution in [0.25, 0.3) is 5.76 Å². The van der Waals surface area contributed by atoms with Gasteiger partial charge in [0.2, 0.25) is 0 Å². The van der Waals surface area contributed by atoms with E-state index in [1.807, 2.05) is 27.7 Å². The standard InChI is InChI=1S/C27H26N2O5/c1-15(2)34-22-10-8-18(13-17(22)4)25(31)23-24(19-6-5-11-28-14-19)29(27(33)26(23)32)20-12-16(3)7-9-21(20)30/h5-15,24,30-31H,1-4H3/b25-23-. The number of aliphatic hydroxyl groups excluding tert-OH is 1. The number of hydrogen-bond acceptors (Lipinski definition) is 6. The Balaban J connectivity index is 1.91. The molecule has 3 aromatic rings. The lowest BCUT2D eigenvalue weighted by atomic mass is 9.95. The van der Waals surface area contributed by atoms with Crippen LogP contribution in [-0.2, 0) is 9.59 Å². The Morgan fingerprint density at radius 1 is 1.09 bits per heavy atom. The van der Waals surface area contributed by atoms with Gasteiger partial charge in [-0.15, -0.1) is 0 Å². The van der Waals surface area contributed by atoms with Gasteiger partial charge in [0.25, 0.3) is 11.7 Å². The van der Waals surface area contributed by atoms with Crippen LogP contribution in [0.3, 0.4) is 0 Å². The molecular formula is C27H26N2O5. The Labute approximate surface area is 198 Å². The Hall–Kier alpha value is -4.13. The van der Waals surface area contributed by atoms with E-state index < -0.39 is 17.7 Å². The second-order valence-electron chi connectivity index (χ2n) is 8.59. The number of phenols is 1. The number of Topliss-reactive ketones (excluding diaryl/α,β-unsaturated/α-hetero) is 1. The molecule has 0 radical (unpaired) electrons. The summed E-state index contributed by atoms with van der Waals surface area (Å²) in [6.45, 7) is 7.51. The van der Waals surface area contributed by atoms with Crippen LogP contribution in [0, 0.1) is 13.8 Å². The van der Waals surface area contributed by atoms with Gasteiger partial charge in [-0.2, -0.15) is 0 Å². The third-order valence-electron chi connectivity index (χ3n) is 5.65. The molecule has 1 unspecified atom stereocenters. The number of carbonyl (C=O) groups excluding carboxylic acids is 2. The zero-order chi connectivity index (χ0) is 24.6. The van der Waals surface area contributed by atoms with E-state index in [2.05, 4.69) is 4.98 Å². The lowest BCUT2D eigenvalue weighted by Gasteiger charge is -2.26. The summed E-state index contributed by atoms with van der Waals surface area (Å²) in [6.07, 6.45) is 3.10. The minimum Gasteiger partial charge on any atom is -0.507 e. The first-order valence-corrected chi connectivity index (χ1v) is 11.0. The molecule has 34 heavy (non-hydrogen) atoms. The number of nitrogens with zero attached hydrogens (tertiary/aromatic N) is 2. The molecule has 1 aliphatic heterocycles. The summed E-state index contributed by atoms with van der Waals surface area (Å²) in [5.74, 6) is -1.46. The number of carbonyl (C=O) groups is 2. The van der Waals surface area contributed by atoms with Gasteiger partial charge in [0, 0.05) is 18.0 Å². The third-order valence-corrected chi connectivity index (χ3v) is 5.65. The van der Waals surface area contributed by atoms with Gasteiger partial charge in [-0.05, 0) is 80.8 Å². The fraction of sp³-hybridized carbons (Fsp3) is 0.222. The quantitative estimate of drug-likeness (QED) is 0.323. The molecule has 1 aromatic heterocycles. The van der Waals surface area contributed by atoms with Crippen molar-refractivity contribution in [2.24, 2.45) is 0 Å². The number of aryl methyl sites for hydroxylation is 2. The monoisotopic (exact) mass is 458 g/mol. The van der Waals surface area contributed by atoms with Gasteiger partial charge in [0.05, 0.1) is 23.4 Å². The van der Waals surface area contributed by atoms with E-state index in [4.69, 9.17) is 4.74 Å². The summed E-state index contributed by atoms with van der Waals surface area (Å²) in [4.78, 5) is 31.8. The maximum atomic E-state index is 13.2.